The highest BCUT2D eigenvalue weighted by Gasteiger charge is 2.25. The number of methoxy groups -OCH3 is 1. The lowest BCUT2D eigenvalue weighted by Gasteiger charge is -2.26. The number of nitrogens with one attached hydrogen (secondary N) is 1. The Labute approximate surface area is 209 Å². The molecular weight excluding hydrogens is 486 g/mol. The summed E-state index contributed by atoms with van der Waals surface area (Å²) >= 11 is 1.52. The minimum Gasteiger partial charge on any atom is -0.497 e. The summed E-state index contributed by atoms with van der Waals surface area (Å²) in [5.41, 5.74) is 2.72. The van der Waals surface area contributed by atoms with E-state index in [4.69, 9.17) is 9.47 Å². The van der Waals surface area contributed by atoms with Crippen LogP contribution in [0.15, 0.2) is 96.4 Å². The fourth-order valence-corrected chi connectivity index (χ4v) is 4.92. The van der Waals surface area contributed by atoms with Gasteiger partial charge in [-0.05, 0) is 34.9 Å². The summed E-state index contributed by atoms with van der Waals surface area (Å²) in [5, 5.41) is 3.05. The van der Waals surface area contributed by atoms with E-state index in [9.17, 15) is 17.8 Å². The molecule has 0 saturated carbocycles. The Morgan fingerprint density at radius 3 is 2.20 bits per heavy atom. The number of carbonyl (C=O) groups excluding carboxylic acids is 1. The highest BCUT2D eigenvalue weighted by molar-refractivity contribution is 7.98. The number of rotatable bonds is 11. The van der Waals surface area contributed by atoms with Crippen LogP contribution in [-0.2, 0) is 27.2 Å². The molecule has 0 aliphatic heterocycles. The summed E-state index contributed by atoms with van der Waals surface area (Å²) < 4.78 is 42.7. The van der Waals surface area contributed by atoms with E-state index in [2.05, 4.69) is 5.32 Å². The van der Waals surface area contributed by atoms with E-state index in [-0.39, 0.29) is 11.9 Å². The van der Waals surface area contributed by atoms with Crippen LogP contribution in [0.2, 0.25) is 0 Å². The maximum Gasteiger partial charge on any atom is 0.407 e. The second kappa shape index (κ2) is 13.0. The molecule has 0 aliphatic carbocycles. The molecule has 0 fully saturated rings. The van der Waals surface area contributed by atoms with Crippen molar-refractivity contribution in [3.63, 3.8) is 0 Å². The molecule has 184 valence electrons. The lowest BCUT2D eigenvalue weighted by Crippen LogP contribution is -2.37. The van der Waals surface area contributed by atoms with Gasteiger partial charge in [0.15, 0.2) is 0 Å². The first-order valence-electron chi connectivity index (χ1n) is 10.8. The molecule has 7 nitrogen and oxygen atoms in total. The van der Waals surface area contributed by atoms with Gasteiger partial charge in [-0.3, -0.25) is 4.55 Å². The zero-order chi connectivity index (χ0) is 25.1. The number of hydrogen-bond acceptors (Lipinski definition) is 6. The van der Waals surface area contributed by atoms with E-state index in [1.807, 2.05) is 84.9 Å². The Morgan fingerprint density at radius 1 is 0.971 bits per heavy atom. The predicted octanol–water partition coefficient (Wildman–Crippen LogP) is 5.37. The molecule has 3 aromatic rings. The summed E-state index contributed by atoms with van der Waals surface area (Å²) in [6, 6.07) is 25.5. The minimum absolute atomic E-state index is 0.0659. The summed E-state index contributed by atoms with van der Waals surface area (Å²) in [7, 11) is -2.80. The number of benzene rings is 3. The molecule has 0 radical (unpaired) electrons. The Bertz CT molecular complexity index is 1200. The van der Waals surface area contributed by atoms with Gasteiger partial charge in [0.1, 0.15) is 12.4 Å². The molecule has 0 aromatic heterocycles. The van der Waals surface area contributed by atoms with Crippen molar-refractivity contribution in [2.24, 2.45) is 0 Å². The van der Waals surface area contributed by atoms with Crippen molar-refractivity contribution in [3.05, 3.63) is 113 Å². The molecule has 35 heavy (non-hydrogen) atoms. The normalized spacial score (nSPS) is 13.2. The lowest BCUT2D eigenvalue weighted by molar-refractivity contribution is 0.137. The Morgan fingerprint density at radius 2 is 1.60 bits per heavy atom. The molecule has 2 N–H and O–H groups in total. The van der Waals surface area contributed by atoms with Crippen LogP contribution >= 0.6 is 11.8 Å². The average Bonchev–Trinajstić information content (AvgIpc) is 2.87. The van der Waals surface area contributed by atoms with Crippen LogP contribution in [0.25, 0.3) is 0 Å². The molecule has 0 spiro atoms. The number of carbonyl (C=O) groups is 1. The molecular formula is C26H27NO6S2. The number of thioether (sulfide) groups is 1. The first kappa shape index (κ1) is 26.3. The lowest BCUT2D eigenvalue weighted by atomic mass is 10.1. The minimum atomic E-state index is -4.40. The summed E-state index contributed by atoms with van der Waals surface area (Å²) in [4.78, 5) is 12.6. The van der Waals surface area contributed by atoms with Crippen LogP contribution < -0.4 is 10.1 Å². The standard InChI is InChI=1S/C26H27NO6S2/c1-32-23-14-12-21(13-15-23)19-34-25(22-10-6-3-7-11-22)24(16-17-35(29,30)31)27-26(28)33-18-20-8-4-2-5-9-20/h2-17,24-25H,18-19H2,1H3,(H,27,28)(H,29,30,31)/b17-16+. The second-order valence-corrected chi connectivity index (χ2v) is 10.00. The van der Waals surface area contributed by atoms with Crippen molar-refractivity contribution in [3.8, 4) is 5.75 Å². The monoisotopic (exact) mass is 513 g/mol. The number of amides is 1. The van der Waals surface area contributed by atoms with Gasteiger partial charge < -0.3 is 14.8 Å². The van der Waals surface area contributed by atoms with Crippen LogP contribution in [0.1, 0.15) is 21.9 Å². The second-order valence-electron chi connectivity index (χ2n) is 7.57. The number of hydrogen-bond donors (Lipinski definition) is 2. The third-order valence-corrected chi connectivity index (χ3v) is 6.92. The average molecular weight is 514 g/mol. The molecule has 1 amide bonds. The van der Waals surface area contributed by atoms with Crippen LogP contribution in [0.3, 0.4) is 0 Å². The van der Waals surface area contributed by atoms with Crippen LogP contribution in [-0.4, -0.2) is 32.2 Å². The summed E-state index contributed by atoms with van der Waals surface area (Å²) in [6.07, 6.45) is 0.558. The smallest absolute Gasteiger partial charge is 0.407 e. The fourth-order valence-electron chi connectivity index (χ4n) is 3.27. The number of ether oxygens (including phenoxy) is 2. The van der Waals surface area contributed by atoms with Gasteiger partial charge in [-0.1, -0.05) is 72.8 Å². The van der Waals surface area contributed by atoms with E-state index in [1.54, 1.807) is 7.11 Å². The SMILES string of the molecule is COc1ccc(CSC(c2ccccc2)C(/C=C/S(=O)(=O)O)NC(=O)OCc2ccccc2)cc1. The van der Waals surface area contributed by atoms with Gasteiger partial charge in [0, 0.05) is 5.75 Å². The summed E-state index contributed by atoms with van der Waals surface area (Å²) in [5.74, 6) is 1.33. The molecule has 9 heteroatoms. The van der Waals surface area contributed by atoms with Crippen LogP contribution in [0.4, 0.5) is 4.79 Å². The van der Waals surface area contributed by atoms with Crippen molar-refractivity contribution < 1.29 is 27.2 Å². The molecule has 3 rings (SSSR count). The summed E-state index contributed by atoms with van der Waals surface area (Å²) in [6.45, 7) is 0.0659. The molecule has 0 saturated heterocycles. The van der Waals surface area contributed by atoms with Gasteiger partial charge in [0.05, 0.1) is 23.8 Å². The van der Waals surface area contributed by atoms with Gasteiger partial charge in [-0.25, -0.2) is 4.79 Å². The first-order valence-corrected chi connectivity index (χ1v) is 13.3. The maximum atomic E-state index is 12.6. The van der Waals surface area contributed by atoms with E-state index < -0.39 is 22.3 Å². The Hall–Kier alpha value is -3.27. The van der Waals surface area contributed by atoms with Crippen molar-refractivity contribution in [2.75, 3.05) is 7.11 Å². The van der Waals surface area contributed by atoms with Crippen LogP contribution in [0, 0.1) is 0 Å². The molecule has 3 aromatic carbocycles. The topological polar surface area (TPSA) is 102 Å². The first-order chi connectivity index (χ1) is 16.8. The molecule has 0 aliphatic rings. The van der Waals surface area contributed by atoms with Gasteiger partial charge in [0.25, 0.3) is 10.1 Å². The Balaban J connectivity index is 1.81. The predicted molar refractivity (Wildman–Crippen MR) is 138 cm³/mol. The van der Waals surface area contributed by atoms with Crippen LogP contribution in [0.5, 0.6) is 5.75 Å². The quantitative estimate of drug-likeness (QED) is 0.333. The van der Waals surface area contributed by atoms with Crippen molar-refractivity contribution >= 4 is 28.0 Å². The van der Waals surface area contributed by atoms with Crippen molar-refractivity contribution in [1.29, 1.82) is 0 Å². The van der Waals surface area contributed by atoms with Gasteiger partial charge in [0.2, 0.25) is 0 Å². The van der Waals surface area contributed by atoms with Gasteiger partial charge in [-0.2, -0.15) is 8.42 Å². The van der Waals surface area contributed by atoms with Crippen molar-refractivity contribution in [2.45, 2.75) is 23.7 Å². The largest absolute Gasteiger partial charge is 0.497 e. The Kier molecular flexibility index (Phi) is 9.77. The number of alkyl carbamates (subject to hydrolysis) is 1. The van der Waals surface area contributed by atoms with E-state index in [1.165, 1.54) is 17.8 Å². The third-order valence-electron chi connectivity index (χ3n) is 5.00. The highest BCUT2D eigenvalue weighted by Crippen LogP contribution is 2.35. The fraction of sp³-hybridized carbons (Fsp3) is 0.192. The highest BCUT2D eigenvalue weighted by atomic mass is 32.2. The van der Waals surface area contributed by atoms with E-state index in [0.717, 1.165) is 22.4 Å². The zero-order valence-corrected chi connectivity index (χ0v) is 20.7. The zero-order valence-electron chi connectivity index (χ0n) is 19.1. The van der Waals surface area contributed by atoms with E-state index in [0.29, 0.717) is 11.2 Å². The van der Waals surface area contributed by atoms with E-state index >= 15 is 0 Å². The molecule has 0 bridgehead atoms. The van der Waals surface area contributed by atoms with Gasteiger partial charge >= 0.3 is 6.09 Å². The van der Waals surface area contributed by atoms with Gasteiger partial charge in [-0.15, -0.1) is 11.8 Å². The van der Waals surface area contributed by atoms with Crippen molar-refractivity contribution in [1.82, 2.24) is 5.32 Å². The third kappa shape index (κ3) is 9.12. The maximum absolute atomic E-state index is 12.6. The molecule has 0 heterocycles. The molecule has 2 unspecified atom stereocenters. The molecule has 2 atom stereocenters.